The molecule has 1 heterocycles. The Morgan fingerprint density at radius 2 is 2.10 bits per heavy atom. The van der Waals surface area contributed by atoms with Crippen LogP contribution < -0.4 is 0 Å². The van der Waals surface area contributed by atoms with E-state index in [1.807, 2.05) is 0 Å². The number of benzene rings is 1. The highest BCUT2D eigenvalue weighted by Crippen LogP contribution is 2.32. The first kappa shape index (κ1) is 14.6. The fourth-order valence-corrected chi connectivity index (χ4v) is 2.12. The molecule has 20 heavy (non-hydrogen) atoms. The van der Waals surface area contributed by atoms with Gasteiger partial charge >= 0.3 is 12.1 Å². The second kappa shape index (κ2) is 5.28. The van der Waals surface area contributed by atoms with Crippen LogP contribution in [0.3, 0.4) is 0 Å². The number of aromatic nitrogens is 2. The third-order valence-corrected chi connectivity index (χ3v) is 3.18. The van der Waals surface area contributed by atoms with Gasteiger partial charge in [-0.1, -0.05) is 15.9 Å². The van der Waals surface area contributed by atoms with Crippen LogP contribution in [-0.2, 0) is 10.9 Å². The number of aromatic amines is 1. The average molecular weight is 349 g/mol. The lowest BCUT2D eigenvalue weighted by Gasteiger charge is -2.05. The van der Waals surface area contributed by atoms with Gasteiger partial charge in [-0.05, 0) is 18.2 Å². The van der Waals surface area contributed by atoms with Gasteiger partial charge in [-0.2, -0.15) is 13.2 Å². The van der Waals surface area contributed by atoms with E-state index < -0.39 is 17.8 Å². The van der Waals surface area contributed by atoms with Gasteiger partial charge in [0, 0.05) is 10.0 Å². The lowest BCUT2D eigenvalue weighted by Crippen LogP contribution is -2.05. The van der Waals surface area contributed by atoms with Gasteiger partial charge in [-0.25, -0.2) is 9.78 Å². The minimum Gasteiger partial charge on any atom is -0.465 e. The fraction of sp³-hybridized carbons (Fsp3) is 0.167. The minimum absolute atomic E-state index is 0.0561. The Balaban J connectivity index is 2.39. The Bertz CT molecular complexity index is 652. The van der Waals surface area contributed by atoms with E-state index in [0.717, 1.165) is 6.20 Å². The van der Waals surface area contributed by atoms with E-state index in [1.165, 1.54) is 25.3 Å². The number of rotatable bonds is 2. The summed E-state index contributed by atoms with van der Waals surface area (Å²) in [5.74, 6) is -0.478. The first-order chi connectivity index (χ1) is 9.32. The van der Waals surface area contributed by atoms with E-state index >= 15 is 0 Å². The van der Waals surface area contributed by atoms with Crippen molar-refractivity contribution in [2.75, 3.05) is 7.11 Å². The second-order valence-corrected chi connectivity index (χ2v) is 4.68. The molecule has 1 aromatic carbocycles. The third-order valence-electron chi connectivity index (χ3n) is 2.53. The van der Waals surface area contributed by atoms with Gasteiger partial charge in [0.05, 0.1) is 18.9 Å². The van der Waals surface area contributed by atoms with Crippen LogP contribution in [-0.4, -0.2) is 23.0 Å². The van der Waals surface area contributed by atoms with E-state index in [4.69, 9.17) is 0 Å². The molecule has 1 aromatic heterocycles. The predicted octanol–water partition coefficient (Wildman–Crippen LogP) is 3.64. The number of imidazole rings is 1. The Labute approximate surface area is 120 Å². The van der Waals surface area contributed by atoms with Crippen molar-refractivity contribution in [1.29, 1.82) is 0 Å². The molecule has 0 saturated heterocycles. The predicted molar refractivity (Wildman–Crippen MR) is 68.1 cm³/mol. The Hall–Kier alpha value is -1.83. The molecule has 2 rings (SSSR count). The standard InChI is InChI=1S/C12H8BrF3N2O2/c1-20-11(19)6-2-3-7(8(13)4-6)10-17-5-9(18-10)12(14,15)16/h2-5H,1H3,(H,17,18). The highest BCUT2D eigenvalue weighted by molar-refractivity contribution is 9.10. The van der Waals surface area contributed by atoms with Crippen LogP contribution in [0.1, 0.15) is 16.1 Å². The number of halogens is 4. The van der Waals surface area contributed by atoms with Crippen molar-refractivity contribution in [2.24, 2.45) is 0 Å². The molecule has 4 nitrogen and oxygen atoms in total. The monoisotopic (exact) mass is 348 g/mol. The highest BCUT2D eigenvalue weighted by atomic mass is 79.9. The van der Waals surface area contributed by atoms with Crippen LogP contribution >= 0.6 is 15.9 Å². The normalized spacial score (nSPS) is 11.4. The molecule has 8 heteroatoms. The van der Waals surface area contributed by atoms with Gasteiger partial charge < -0.3 is 9.72 Å². The zero-order chi connectivity index (χ0) is 14.9. The minimum atomic E-state index is -4.48. The maximum atomic E-state index is 12.5. The van der Waals surface area contributed by atoms with Crippen molar-refractivity contribution in [3.8, 4) is 11.4 Å². The molecule has 106 valence electrons. The Morgan fingerprint density at radius 1 is 1.40 bits per heavy atom. The number of nitrogens with zero attached hydrogens (tertiary/aromatic N) is 1. The van der Waals surface area contributed by atoms with Crippen molar-refractivity contribution >= 4 is 21.9 Å². The van der Waals surface area contributed by atoms with E-state index in [-0.39, 0.29) is 11.4 Å². The number of alkyl halides is 3. The molecule has 2 aromatic rings. The van der Waals surface area contributed by atoms with E-state index in [0.29, 0.717) is 10.0 Å². The molecular formula is C12H8BrF3N2O2. The fourth-order valence-electron chi connectivity index (χ4n) is 1.55. The van der Waals surface area contributed by atoms with Crippen molar-refractivity contribution in [1.82, 2.24) is 9.97 Å². The summed E-state index contributed by atoms with van der Waals surface area (Å²) in [4.78, 5) is 17.2. The van der Waals surface area contributed by atoms with Crippen LogP contribution in [0.4, 0.5) is 13.2 Å². The van der Waals surface area contributed by atoms with Crippen molar-refractivity contribution in [2.45, 2.75) is 6.18 Å². The SMILES string of the molecule is COC(=O)c1ccc(-c2ncc(C(F)(F)F)[nH]2)c(Br)c1. The summed E-state index contributed by atoms with van der Waals surface area (Å²) in [5, 5.41) is 0. The zero-order valence-corrected chi connectivity index (χ0v) is 11.7. The number of H-pyrrole nitrogens is 1. The molecule has 0 aliphatic rings. The van der Waals surface area contributed by atoms with Crippen molar-refractivity contribution in [3.05, 3.63) is 40.1 Å². The number of methoxy groups -OCH3 is 1. The topological polar surface area (TPSA) is 55.0 Å². The molecule has 0 aliphatic carbocycles. The quantitative estimate of drug-likeness (QED) is 0.843. The number of hydrogen-bond donors (Lipinski definition) is 1. The largest absolute Gasteiger partial charge is 0.465 e. The number of nitrogens with one attached hydrogen (secondary N) is 1. The summed E-state index contributed by atoms with van der Waals surface area (Å²) in [6, 6.07) is 4.38. The summed E-state index contributed by atoms with van der Waals surface area (Å²) in [5.41, 5.74) is -0.240. The van der Waals surface area contributed by atoms with Crippen molar-refractivity contribution < 1.29 is 22.7 Å². The molecule has 0 radical (unpaired) electrons. The third kappa shape index (κ3) is 2.84. The number of carbonyl (C=O) groups excluding carboxylic acids is 1. The van der Waals surface area contributed by atoms with E-state index in [9.17, 15) is 18.0 Å². The molecule has 0 spiro atoms. The van der Waals surface area contributed by atoms with Gasteiger partial charge in [-0.15, -0.1) is 0 Å². The Kier molecular flexibility index (Phi) is 3.85. The number of ether oxygens (including phenoxy) is 1. The smallest absolute Gasteiger partial charge is 0.432 e. The average Bonchev–Trinajstić information content (AvgIpc) is 2.87. The molecule has 0 fully saturated rings. The van der Waals surface area contributed by atoms with E-state index in [1.54, 1.807) is 0 Å². The van der Waals surface area contributed by atoms with E-state index in [2.05, 4.69) is 30.6 Å². The zero-order valence-electron chi connectivity index (χ0n) is 10.1. The van der Waals surface area contributed by atoms with Gasteiger partial charge in [0.1, 0.15) is 11.5 Å². The highest BCUT2D eigenvalue weighted by Gasteiger charge is 2.33. The van der Waals surface area contributed by atoms with Crippen LogP contribution in [0, 0.1) is 0 Å². The van der Waals surface area contributed by atoms with Gasteiger partial charge in [0.2, 0.25) is 0 Å². The lowest BCUT2D eigenvalue weighted by atomic mass is 10.1. The summed E-state index contributed by atoms with van der Waals surface area (Å²) >= 11 is 3.19. The number of esters is 1. The lowest BCUT2D eigenvalue weighted by molar-refractivity contribution is -0.140. The Morgan fingerprint density at radius 3 is 2.60 bits per heavy atom. The maximum absolute atomic E-state index is 12.5. The summed E-state index contributed by atoms with van der Waals surface area (Å²) in [6.45, 7) is 0. The first-order valence-corrected chi connectivity index (χ1v) is 6.12. The molecule has 0 unspecified atom stereocenters. The van der Waals surface area contributed by atoms with Gasteiger partial charge in [-0.3, -0.25) is 0 Å². The van der Waals surface area contributed by atoms with Crippen LogP contribution in [0.15, 0.2) is 28.9 Å². The summed E-state index contributed by atoms with van der Waals surface area (Å²) < 4.78 is 42.5. The molecule has 0 amide bonds. The van der Waals surface area contributed by atoms with Crippen LogP contribution in [0.2, 0.25) is 0 Å². The first-order valence-electron chi connectivity index (χ1n) is 5.33. The second-order valence-electron chi connectivity index (χ2n) is 3.83. The number of hydrogen-bond acceptors (Lipinski definition) is 3. The van der Waals surface area contributed by atoms with Crippen molar-refractivity contribution in [3.63, 3.8) is 0 Å². The summed E-state index contributed by atoms with van der Waals surface area (Å²) in [6.07, 6.45) is -3.76. The molecule has 1 N–H and O–H groups in total. The molecule has 0 aliphatic heterocycles. The van der Waals surface area contributed by atoms with Gasteiger partial charge in [0.15, 0.2) is 0 Å². The molecular weight excluding hydrogens is 341 g/mol. The van der Waals surface area contributed by atoms with Gasteiger partial charge in [0.25, 0.3) is 0 Å². The molecule has 0 bridgehead atoms. The number of carbonyl (C=O) groups is 1. The maximum Gasteiger partial charge on any atom is 0.432 e. The summed E-state index contributed by atoms with van der Waals surface area (Å²) in [7, 11) is 1.24. The van der Waals surface area contributed by atoms with Crippen LogP contribution in [0.5, 0.6) is 0 Å². The molecule has 0 atom stereocenters. The molecule has 0 saturated carbocycles. The van der Waals surface area contributed by atoms with Crippen LogP contribution in [0.25, 0.3) is 11.4 Å².